The van der Waals surface area contributed by atoms with Gasteiger partial charge in [0.05, 0.1) is 6.54 Å². The molecule has 1 heterocycles. The number of hydrogen-bond donors (Lipinski definition) is 1. The largest absolute Gasteiger partial charge is 0.342 e. The highest BCUT2D eigenvalue weighted by molar-refractivity contribution is 5.85. The predicted molar refractivity (Wildman–Crippen MR) is 78.3 cm³/mol. The zero-order valence-corrected chi connectivity index (χ0v) is 13.0. The summed E-state index contributed by atoms with van der Waals surface area (Å²) in [5, 5.41) is 3.39. The van der Waals surface area contributed by atoms with Crippen LogP contribution in [0.25, 0.3) is 0 Å². The van der Waals surface area contributed by atoms with E-state index in [1.54, 1.807) is 0 Å². The summed E-state index contributed by atoms with van der Waals surface area (Å²) in [6.45, 7) is 11.7. The Hall–Kier alpha value is -0.320. The van der Waals surface area contributed by atoms with Gasteiger partial charge in [0.25, 0.3) is 0 Å². The van der Waals surface area contributed by atoms with E-state index in [1.807, 2.05) is 25.8 Å². The van der Waals surface area contributed by atoms with E-state index < -0.39 is 0 Å². The molecule has 1 aliphatic rings. The summed E-state index contributed by atoms with van der Waals surface area (Å²) in [5.41, 5.74) is 0.332. The van der Waals surface area contributed by atoms with Crippen LogP contribution in [-0.4, -0.2) is 62.0 Å². The molecule has 1 aliphatic heterocycles. The molecule has 0 spiro atoms. The van der Waals surface area contributed by atoms with Gasteiger partial charge in [0, 0.05) is 26.2 Å². The number of rotatable bonds is 6. The van der Waals surface area contributed by atoms with E-state index in [0.717, 1.165) is 32.7 Å². The van der Waals surface area contributed by atoms with Crippen LogP contribution in [-0.2, 0) is 4.79 Å². The quantitative estimate of drug-likeness (QED) is 0.793. The van der Waals surface area contributed by atoms with Gasteiger partial charge in [-0.05, 0) is 39.3 Å². The summed E-state index contributed by atoms with van der Waals surface area (Å²) in [6, 6.07) is 0. The van der Waals surface area contributed by atoms with Crippen molar-refractivity contribution in [3.63, 3.8) is 0 Å². The Morgan fingerprint density at radius 1 is 1.33 bits per heavy atom. The van der Waals surface area contributed by atoms with Gasteiger partial charge in [0.2, 0.25) is 5.91 Å². The number of nitrogens with zero attached hydrogens (tertiary/aromatic N) is 2. The molecule has 1 rings (SSSR count). The van der Waals surface area contributed by atoms with Crippen molar-refractivity contribution in [1.29, 1.82) is 0 Å². The second-order valence-electron chi connectivity index (χ2n) is 5.48. The van der Waals surface area contributed by atoms with Crippen molar-refractivity contribution in [2.45, 2.75) is 27.2 Å². The zero-order valence-electron chi connectivity index (χ0n) is 12.2. The van der Waals surface area contributed by atoms with Crippen molar-refractivity contribution < 1.29 is 4.79 Å². The predicted octanol–water partition coefficient (Wildman–Crippen LogP) is 1.21. The van der Waals surface area contributed by atoms with Gasteiger partial charge in [0.15, 0.2) is 0 Å². The summed E-state index contributed by atoms with van der Waals surface area (Å²) >= 11 is 0. The van der Waals surface area contributed by atoms with Crippen molar-refractivity contribution in [2.75, 3.05) is 46.3 Å². The minimum absolute atomic E-state index is 0. The van der Waals surface area contributed by atoms with E-state index in [2.05, 4.69) is 17.1 Å². The maximum absolute atomic E-state index is 12.0. The van der Waals surface area contributed by atoms with Crippen LogP contribution in [0.5, 0.6) is 0 Å². The molecule has 0 radical (unpaired) electrons. The Balaban J connectivity index is 0.00000289. The van der Waals surface area contributed by atoms with Crippen molar-refractivity contribution in [1.82, 2.24) is 15.1 Å². The number of carbonyl (C=O) groups excluding carboxylic acids is 1. The van der Waals surface area contributed by atoms with Gasteiger partial charge in [-0.25, -0.2) is 0 Å². The minimum Gasteiger partial charge on any atom is -0.342 e. The third kappa shape index (κ3) is 5.12. The van der Waals surface area contributed by atoms with Crippen molar-refractivity contribution >= 4 is 18.3 Å². The molecule has 5 heteroatoms. The Bertz CT molecular complexity index is 251. The van der Waals surface area contributed by atoms with Gasteiger partial charge in [-0.1, -0.05) is 6.92 Å². The molecule has 108 valence electrons. The highest BCUT2D eigenvalue weighted by Crippen LogP contribution is 2.24. The molecule has 1 saturated heterocycles. The second-order valence-corrected chi connectivity index (χ2v) is 5.48. The van der Waals surface area contributed by atoms with Gasteiger partial charge in [-0.2, -0.15) is 0 Å². The Kier molecular flexibility index (Phi) is 7.83. The van der Waals surface area contributed by atoms with Crippen LogP contribution in [0.4, 0.5) is 0 Å². The fourth-order valence-corrected chi connectivity index (χ4v) is 2.62. The van der Waals surface area contributed by atoms with Crippen LogP contribution >= 0.6 is 12.4 Å². The molecule has 1 atom stereocenters. The summed E-state index contributed by atoms with van der Waals surface area (Å²) < 4.78 is 0. The molecular weight excluding hydrogens is 250 g/mol. The third-order valence-electron chi connectivity index (χ3n) is 3.63. The van der Waals surface area contributed by atoms with Gasteiger partial charge in [-0.3, -0.25) is 9.69 Å². The molecule has 0 aliphatic carbocycles. The number of amides is 1. The van der Waals surface area contributed by atoms with Gasteiger partial charge in [-0.15, -0.1) is 12.4 Å². The minimum atomic E-state index is 0. The molecule has 1 unspecified atom stereocenters. The lowest BCUT2D eigenvalue weighted by Gasteiger charge is -2.30. The molecular formula is C13H28ClN3O. The Morgan fingerprint density at radius 2 is 1.94 bits per heavy atom. The fourth-order valence-electron chi connectivity index (χ4n) is 2.62. The SMILES string of the molecule is CCN(CC)C(=O)CN(C)CC1(C)CCNC1.Cl. The highest BCUT2D eigenvalue weighted by Gasteiger charge is 2.30. The van der Waals surface area contributed by atoms with E-state index in [0.29, 0.717) is 12.0 Å². The number of hydrogen-bond acceptors (Lipinski definition) is 3. The highest BCUT2D eigenvalue weighted by atomic mass is 35.5. The van der Waals surface area contributed by atoms with Crippen molar-refractivity contribution in [3.8, 4) is 0 Å². The average Bonchev–Trinajstić information content (AvgIpc) is 2.66. The van der Waals surface area contributed by atoms with Gasteiger partial charge < -0.3 is 10.2 Å². The Labute approximate surface area is 117 Å². The summed E-state index contributed by atoms with van der Waals surface area (Å²) in [7, 11) is 2.05. The standard InChI is InChI=1S/C13H27N3O.ClH/c1-5-16(6-2)12(17)9-15(4)11-13(3)7-8-14-10-13;/h14H,5-11H2,1-4H3;1H. The van der Waals surface area contributed by atoms with Crippen LogP contribution < -0.4 is 5.32 Å². The van der Waals surface area contributed by atoms with E-state index in [1.165, 1.54) is 6.42 Å². The van der Waals surface area contributed by atoms with Gasteiger partial charge >= 0.3 is 0 Å². The van der Waals surface area contributed by atoms with E-state index in [4.69, 9.17) is 0 Å². The topological polar surface area (TPSA) is 35.6 Å². The van der Waals surface area contributed by atoms with Gasteiger partial charge in [0.1, 0.15) is 0 Å². The van der Waals surface area contributed by atoms with E-state index >= 15 is 0 Å². The third-order valence-corrected chi connectivity index (χ3v) is 3.63. The molecule has 1 fully saturated rings. The van der Waals surface area contributed by atoms with Crippen LogP contribution in [0.3, 0.4) is 0 Å². The summed E-state index contributed by atoms with van der Waals surface area (Å²) in [4.78, 5) is 16.0. The molecule has 0 saturated carbocycles. The zero-order chi connectivity index (χ0) is 12.9. The van der Waals surface area contributed by atoms with Crippen molar-refractivity contribution in [2.24, 2.45) is 5.41 Å². The first-order chi connectivity index (χ1) is 8.00. The first-order valence-corrected chi connectivity index (χ1v) is 6.68. The molecule has 1 N–H and O–H groups in total. The molecule has 1 amide bonds. The van der Waals surface area contributed by atoms with E-state index in [-0.39, 0.29) is 18.3 Å². The average molecular weight is 278 g/mol. The first kappa shape index (κ1) is 17.7. The normalized spacial score (nSPS) is 22.9. The molecule has 18 heavy (non-hydrogen) atoms. The van der Waals surface area contributed by atoms with E-state index in [9.17, 15) is 4.79 Å². The lowest BCUT2D eigenvalue weighted by atomic mass is 9.89. The summed E-state index contributed by atoms with van der Waals surface area (Å²) in [5.74, 6) is 0.243. The molecule has 0 bridgehead atoms. The van der Waals surface area contributed by atoms with Crippen LogP contribution in [0, 0.1) is 5.41 Å². The molecule has 0 aromatic carbocycles. The second kappa shape index (κ2) is 7.97. The molecule has 4 nitrogen and oxygen atoms in total. The smallest absolute Gasteiger partial charge is 0.236 e. The maximum atomic E-state index is 12.0. The number of halogens is 1. The Morgan fingerprint density at radius 3 is 2.39 bits per heavy atom. The van der Waals surface area contributed by atoms with Crippen LogP contribution in [0.2, 0.25) is 0 Å². The molecule has 0 aromatic rings. The lowest BCUT2D eigenvalue weighted by molar-refractivity contribution is -0.132. The van der Waals surface area contributed by atoms with Crippen molar-refractivity contribution in [3.05, 3.63) is 0 Å². The molecule has 0 aromatic heterocycles. The number of carbonyl (C=O) groups is 1. The van der Waals surface area contributed by atoms with Crippen LogP contribution in [0.15, 0.2) is 0 Å². The fraction of sp³-hybridized carbons (Fsp3) is 0.923. The monoisotopic (exact) mass is 277 g/mol. The number of nitrogens with one attached hydrogen (secondary N) is 1. The van der Waals surface area contributed by atoms with Crippen LogP contribution in [0.1, 0.15) is 27.2 Å². The lowest BCUT2D eigenvalue weighted by Crippen LogP contribution is -2.42. The maximum Gasteiger partial charge on any atom is 0.236 e. The first-order valence-electron chi connectivity index (χ1n) is 6.68. The number of likely N-dealkylation sites (N-methyl/N-ethyl adjacent to an activating group) is 2. The summed E-state index contributed by atoms with van der Waals surface area (Å²) in [6.07, 6.45) is 1.21.